The first kappa shape index (κ1) is 14.1. The fourth-order valence-electron chi connectivity index (χ4n) is 3.34. The van der Waals surface area contributed by atoms with Gasteiger partial charge in [0, 0.05) is 17.3 Å². The molecule has 0 spiro atoms. The van der Waals surface area contributed by atoms with Crippen LogP contribution < -0.4 is 0 Å². The lowest BCUT2D eigenvalue weighted by molar-refractivity contribution is 0.672. The second-order valence-corrected chi connectivity index (χ2v) is 6.28. The van der Waals surface area contributed by atoms with Gasteiger partial charge in [0.05, 0.1) is 11.2 Å². The van der Waals surface area contributed by atoms with Crippen molar-refractivity contribution in [3.8, 4) is 0 Å². The number of hydrogen-bond donors (Lipinski definition) is 0. The molecule has 0 N–H and O–H groups in total. The maximum absolute atomic E-state index is 4.92. The van der Waals surface area contributed by atoms with Crippen molar-refractivity contribution in [2.45, 2.75) is 32.6 Å². The van der Waals surface area contributed by atoms with Gasteiger partial charge >= 0.3 is 0 Å². The average molecular weight is 300 g/mol. The molecular formula is C21H20N2. The Morgan fingerprint density at radius 2 is 1.83 bits per heavy atom. The summed E-state index contributed by atoms with van der Waals surface area (Å²) in [6, 6.07) is 16.8. The Bertz CT molecular complexity index is 879. The standard InChI is InChI=1S/C21H20N2/c1-15-11-12-18-20(13-15)23-19-10-6-5-9-17(19)21(18)22-14-16-7-3-2-4-8-16/h2-4,7-8,11-14H,5-6,9-10H2,1H3. The first-order valence-corrected chi connectivity index (χ1v) is 8.32. The van der Waals surface area contributed by atoms with E-state index in [1.54, 1.807) is 0 Å². The van der Waals surface area contributed by atoms with Gasteiger partial charge in [0.2, 0.25) is 0 Å². The van der Waals surface area contributed by atoms with Crippen molar-refractivity contribution < 1.29 is 0 Å². The van der Waals surface area contributed by atoms with Crippen LogP contribution in [0.3, 0.4) is 0 Å². The molecule has 0 bridgehead atoms. The second-order valence-electron chi connectivity index (χ2n) is 6.28. The summed E-state index contributed by atoms with van der Waals surface area (Å²) in [5, 5.41) is 1.17. The van der Waals surface area contributed by atoms with Crippen molar-refractivity contribution in [3.63, 3.8) is 0 Å². The average Bonchev–Trinajstić information content (AvgIpc) is 2.59. The summed E-state index contributed by atoms with van der Waals surface area (Å²) in [7, 11) is 0. The summed E-state index contributed by atoms with van der Waals surface area (Å²) in [6.45, 7) is 2.12. The summed E-state index contributed by atoms with van der Waals surface area (Å²) in [5.41, 5.74) is 7.17. The topological polar surface area (TPSA) is 25.2 Å². The van der Waals surface area contributed by atoms with Gasteiger partial charge in [-0.3, -0.25) is 9.98 Å². The molecule has 1 heterocycles. The molecule has 1 aromatic heterocycles. The first-order valence-electron chi connectivity index (χ1n) is 8.32. The molecule has 23 heavy (non-hydrogen) atoms. The van der Waals surface area contributed by atoms with Crippen LogP contribution in [0, 0.1) is 6.92 Å². The molecule has 3 aromatic rings. The van der Waals surface area contributed by atoms with E-state index in [-0.39, 0.29) is 0 Å². The number of fused-ring (bicyclic) bond motifs is 2. The molecule has 0 unspecified atom stereocenters. The number of aromatic nitrogens is 1. The smallest absolute Gasteiger partial charge is 0.0774 e. The first-order chi connectivity index (χ1) is 11.3. The minimum absolute atomic E-state index is 1.07. The highest BCUT2D eigenvalue weighted by Crippen LogP contribution is 2.35. The van der Waals surface area contributed by atoms with Gasteiger partial charge in [-0.1, -0.05) is 42.5 Å². The van der Waals surface area contributed by atoms with Crippen molar-refractivity contribution in [3.05, 3.63) is 70.9 Å². The molecule has 0 aliphatic heterocycles. The molecule has 0 radical (unpaired) electrons. The van der Waals surface area contributed by atoms with E-state index in [0.29, 0.717) is 0 Å². The lowest BCUT2D eigenvalue weighted by Gasteiger charge is -2.18. The summed E-state index contributed by atoms with van der Waals surface area (Å²) >= 11 is 0. The Kier molecular flexibility index (Phi) is 3.66. The Labute approximate surface area is 136 Å². The molecule has 114 valence electrons. The fourth-order valence-corrected chi connectivity index (χ4v) is 3.34. The van der Waals surface area contributed by atoms with Crippen molar-refractivity contribution in [1.29, 1.82) is 0 Å². The van der Waals surface area contributed by atoms with E-state index < -0.39 is 0 Å². The van der Waals surface area contributed by atoms with Crippen LogP contribution in [-0.4, -0.2) is 11.2 Å². The van der Waals surface area contributed by atoms with Gasteiger partial charge in [-0.15, -0.1) is 0 Å². The number of hydrogen-bond acceptors (Lipinski definition) is 2. The second kappa shape index (κ2) is 5.96. The van der Waals surface area contributed by atoms with Crippen LogP contribution >= 0.6 is 0 Å². The van der Waals surface area contributed by atoms with Gasteiger partial charge in [0.15, 0.2) is 0 Å². The predicted molar refractivity (Wildman–Crippen MR) is 96.8 cm³/mol. The van der Waals surface area contributed by atoms with Gasteiger partial charge < -0.3 is 0 Å². The minimum Gasteiger partial charge on any atom is -0.255 e. The molecule has 0 saturated heterocycles. The summed E-state index contributed by atoms with van der Waals surface area (Å²) in [6.07, 6.45) is 6.61. The van der Waals surface area contributed by atoms with E-state index in [1.165, 1.54) is 35.0 Å². The van der Waals surface area contributed by atoms with Crippen LogP contribution in [0.5, 0.6) is 0 Å². The Morgan fingerprint density at radius 3 is 2.70 bits per heavy atom. The van der Waals surface area contributed by atoms with Gasteiger partial charge in [-0.25, -0.2) is 0 Å². The van der Waals surface area contributed by atoms with E-state index in [0.717, 1.165) is 29.6 Å². The third-order valence-corrected chi connectivity index (χ3v) is 4.53. The molecule has 0 fully saturated rings. The van der Waals surface area contributed by atoms with Gasteiger partial charge in [-0.2, -0.15) is 0 Å². The van der Waals surface area contributed by atoms with Crippen LogP contribution in [-0.2, 0) is 12.8 Å². The summed E-state index contributed by atoms with van der Waals surface area (Å²) in [5.74, 6) is 0. The Morgan fingerprint density at radius 1 is 1.00 bits per heavy atom. The molecular weight excluding hydrogens is 280 g/mol. The maximum atomic E-state index is 4.92. The van der Waals surface area contributed by atoms with E-state index in [1.807, 2.05) is 24.4 Å². The van der Waals surface area contributed by atoms with Crippen LogP contribution in [0.15, 0.2) is 53.5 Å². The molecule has 0 saturated carbocycles. The lowest BCUT2D eigenvalue weighted by Crippen LogP contribution is -2.06. The van der Waals surface area contributed by atoms with Crippen LogP contribution in [0.2, 0.25) is 0 Å². The molecule has 0 amide bonds. The van der Waals surface area contributed by atoms with Crippen LogP contribution in [0.1, 0.15) is 35.2 Å². The molecule has 2 heteroatoms. The minimum atomic E-state index is 1.07. The maximum Gasteiger partial charge on any atom is 0.0774 e. The molecule has 2 nitrogen and oxygen atoms in total. The highest BCUT2D eigenvalue weighted by atomic mass is 14.8. The van der Waals surface area contributed by atoms with E-state index >= 15 is 0 Å². The zero-order chi connectivity index (χ0) is 15.6. The lowest BCUT2D eigenvalue weighted by atomic mass is 9.92. The zero-order valence-electron chi connectivity index (χ0n) is 13.4. The quantitative estimate of drug-likeness (QED) is 0.599. The highest BCUT2D eigenvalue weighted by Gasteiger charge is 2.17. The van der Waals surface area contributed by atoms with Crippen LogP contribution in [0.4, 0.5) is 5.69 Å². The SMILES string of the molecule is Cc1ccc2c(N=Cc3ccccc3)c3c(nc2c1)CCCC3. The molecule has 1 aliphatic carbocycles. The molecule has 0 atom stereocenters. The van der Waals surface area contributed by atoms with Crippen molar-refractivity contribution in [1.82, 2.24) is 4.98 Å². The van der Waals surface area contributed by atoms with Gasteiger partial charge in [-0.05, 0) is 55.4 Å². The van der Waals surface area contributed by atoms with Crippen molar-refractivity contribution in [2.24, 2.45) is 4.99 Å². The largest absolute Gasteiger partial charge is 0.255 e. The van der Waals surface area contributed by atoms with Gasteiger partial charge in [0.25, 0.3) is 0 Å². The third-order valence-electron chi connectivity index (χ3n) is 4.53. The van der Waals surface area contributed by atoms with Crippen LogP contribution in [0.25, 0.3) is 10.9 Å². The van der Waals surface area contributed by atoms with E-state index in [9.17, 15) is 0 Å². The van der Waals surface area contributed by atoms with Crippen molar-refractivity contribution >= 4 is 22.8 Å². The molecule has 2 aromatic carbocycles. The molecule has 1 aliphatic rings. The Balaban J connectivity index is 1.90. The highest BCUT2D eigenvalue weighted by molar-refractivity contribution is 5.95. The number of rotatable bonds is 2. The molecule has 4 rings (SSSR count). The van der Waals surface area contributed by atoms with E-state index in [4.69, 9.17) is 9.98 Å². The summed E-state index contributed by atoms with van der Waals surface area (Å²) < 4.78 is 0. The number of pyridine rings is 1. The predicted octanol–water partition coefficient (Wildman–Crippen LogP) is 5.17. The van der Waals surface area contributed by atoms with E-state index in [2.05, 4.69) is 37.3 Å². The van der Waals surface area contributed by atoms with Gasteiger partial charge in [0.1, 0.15) is 0 Å². The number of nitrogens with zero attached hydrogens (tertiary/aromatic N) is 2. The summed E-state index contributed by atoms with van der Waals surface area (Å²) in [4.78, 5) is 9.80. The normalized spacial score (nSPS) is 14.3. The monoisotopic (exact) mass is 300 g/mol. The number of benzene rings is 2. The third kappa shape index (κ3) is 2.77. The number of aliphatic imine (C=N–C) groups is 1. The van der Waals surface area contributed by atoms with Crippen molar-refractivity contribution in [2.75, 3.05) is 0 Å². The number of aryl methyl sites for hydroxylation is 2. The fraction of sp³-hybridized carbons (Fsp3) is 0.238. The Hall–Kier alpha value is -2.48. The zero-order valence-corrected chi connectivity index (χ0v) is 13.4.